The van der Waals surface area contributed by atoms with Crippen molar-refractivity contribution in [2.75, 3.05) is 0 Å². The molecule has 8 saturated carbocycles. The van der Waals surface area contributed by atoms with Crippen molar-refractivity contribution in [2.45, 2.75) is 82.5 Å². The van der Waals surface area contributed by atoms with E-state index >= 15 is 0 Å². The van der Waals surface area contributed by atoms with Gasteiger partial charge >= 0.3 is 0 Å². The molecule has 0 radical (unpaired) electrons. The van der Waals surface area contributed by atoms with Gasteiger partial charge in [0.25, 0.3) is 0 Å². The summed E-state index contributed by atoms with van der Waals surface area (Å²) in [4.78, 5) is 14.0. The van der Waals surface area contributed by atoms with Crippen LogP contribution in [0.4, 0.5) is 0 Å². The predicted molar refractivity (Wildman–Crippen MR) is 136 cm³/mol. The van der Waals surface area contributed by atoms with Gasteiger partial charge in [0.15, 0.2) is 5.78 Å². The molecule has 8 fully saturated rings. The van der Waals surface area contributed by atoms with Gasteiger partial charge in [0, 0.05) is 11.1 Å². The van der Waals surface area contributed by atoms with Gasteiger partial charge in [-0.3, -0.25) is 4.79 Å². The van der Waals surface area contributed by atoms with Gasteiger partial charge in [-0.05, 0) is 158 Å². The van der Waals surface area contributed by atoms with Crippen molar-refractivity contribution in [1.82, 2.24) is 0 Å². The molecule has 1 nitrogen and oxygen atoms in total. The SMILES string of the molecule is O=C1C2=Cc3ccc(C45CC6CC(CC(C6)C4)C5)cc3C2=CC=C1C12CC3CC(CC(C3)C1)C2. The second kappa shape index (κ2) is 6.26. The number of hydrogen-bond donors (Lipinski definition) is 0. The van der Waals surface area contributed by atoms with Crippen LogP contribution in [0.5, 0.6) is 0 Å². The number of hydrogen-bond acceptors (Lipinski definition) is 1. The zero-order chi connectivity index (χ0) is 22.2. The fourth-order valence-corrected chi connectivity index (χ4v) is 11.7. The largest absolute Gasteiger partial charge is 0.289 e. The molecule has 10 aliphatic carbocycles. The number of Topliss-reactive ketones (excluding diaryl/α,β-unsaturated/α-hetero) is 1. The lowest BCUT2D eigenvalue weighted by Crippen LogP contribution is -2.48. The van der Waals surface area contributed by atoms with Crippen molar-refractivity contribution < 1.29 is 4.79 Å². The fourth-order valence-electron chi connectivity index (χ4n) is 11.7. The third-order valence-electron chi connectivity index (χ3n) is 12.1. The van der Waals surface area contributed by atoms with Crippen molar-refractivity contribution in [1.29, 1.82) is 0 Å². The Morgan fingerprint density at radius 1 is 0.618 bits per heavy atom. The maximum absolute atomic E-state index is 14.0. The highest BCUT2D eigenvalue weighted by molar-refractivity contribution is 6.26. The van der Waals surface area contributed by atoms with Crippen LogP contribution >= 0.6 is 0 Å². The number of carbonyl (C=O) groups excluding carboxylic acids is 1. The van der Waals surface area contributed by atoms with Crippen molar-refractivity contribution in [3.63, 3.8) is 0 Å². The Balaban J connectivity index is 1.10. The van der Waals surface area contributed by atoms with Crippen LogP contribution in [-0.2, 0) is 10.2 Å². The molecule has 0 spiro atoms. The van der Waals surface area contributed by atoms with Gasteiger partial charge < -0.3 is 0 Å². The lowest BCUT2D eigenvalue weighted by molar-refractivity contribution is -0.115. The standard InChI is InChI=1S/C33H36O/c34-31-29-11-25-1-2-26(32-13-19-5-20(14-32)7-21(6-19)15-32)12-28(25)27(29)3-4-30(31)33-16-22-8-23(17-33)10-24(9-22)18-33/h1-4,11-12,19-24H,5-10,13-18H2. The summed E-state index contributed by atoms with van der Waals surface area (Å²) in [6.45, 7) is 0. The van der Waals surface area contributed by atoms with Crippen LogP contribution in [0.3, 0.4) is 0 Å². The zero-order valence-electron chi connectivity index (χ0n) is 20.3. The predicted octanol–water partition coefficient (Wildman–Crippen LogP) is 7.66. The van der Waals surface area contributed by atoms with Crippen LogP contribution in [-0.4, -0.2) is 5.78 Å². The molecule has 10 aliphatic rings. The summed E-state index contributed by atoms with van der Waals surface area (Å²) in [5, 5.41) is 0. The van der Waals surface area contributed by atoms with Gasteiger partial charge in [0.05, 0.1) is 0 Å². The summed E-state index contributed by atoms with van der Waals surface area (Å²) < 4.78 is 0. The molecule has 0 saturated heterocycles. The molecule has 11 rings (SSSR count). The summed E-state index contributed by atoms with van der Waals surface area (Å²) >= 11 is 0. The van der Waals surface area contributed by atoms with Gasteiger partial charge in [-0.1, -0.05) is 24.3 Å². The van der Waals surface area contributed by atoms with Crippen molar-refractivity contribution in [2.24, 2.45) is 40.9 Å². The van der Waals surface area contributed by atoms with E-state index in [-0.39, 0.29) is 5.41 Å². The molecular formula is C33H36O. The first-order chi connectivity index (χ1) is 16.6. The first kappa shape index (κ1) is 19.3. The van der Waals surface area contributed by atoms with E-state index in [2.05, 4.69) is 36.4 Å². The summed E-state index contributed by atoms with van der Waals surface area (Å²) in [7, 11) is 0. The van der Waals surface area contributed by atoms with Gasteiger partial charge in [0.2, 0.25) is 0 Å². The third-order valence-corrected chi connectivity index (χ3v) is 12.1. The lowest BCUT2D eigenvalue weighted by Gasteiger charge is -2.57. The Hall–Kier alpha value is -1.89. The Labute approximate surface area is 203 Å². The number of ketones is 1. The van der Waals surface area contributed by atoms with E-state index < -0.39 is 0 Å². The van der Waals surface area contributed by atoms with E-state index in [1.165, 1.54) is 99.3 Å². The average molecular weight is 449 g/mol. The Kier molecular flexibility index (Phi) is 3.56. The maximum atomic E-state index is 14.0. The quantitative estimate of drug-likeness (QED) is 0.454. The minimum atomic E-state index is 0.188. The van der Waals surface area contributed by atoms with Crippen molar-refractivity contribution >= 4 is 17.4 Å². The number of carbonyl (C=O) groups is 1. The number of fused-ring (bicyclic) bond motifs is 3. The smallest absolute Gasteiger partial charge is 0.190 e. The highest BCUT2D eigenvalue weighted by atomic mass is 16.1. The Bertz CT molecular complexity index is 1160. The van der Waals surface area contributed by atoms with Gasteiger partial charge in [0.1, 0.15) is 0 Å². The summed E-state index contributed by atoms with van der Waals surface area (Å²) in [6.07, 6.45) is 23.7. The minimum absolute atomic E-state index is 0.188. The maximum Gasteiger partial charge on any atom is 0.190 e. The van der Waals surface area contributed by atoms with Crippen LogP contribution < -0.4 is 0 Å². The molecule has 34 heavy (non-hydrogen) atoms. The molecule has 8 bridgehead atoms. The summed E-state index contributed by atoms with van der Waals surface area (Å²) in [5.74, 6) is 5.90. The first-order valence-corrected chi connectivity index (χ1v) is 14.4. The monoisotopic (exact) mass is 448 g/mol. The molecule has 1 aromatic rings. The van der Waals surface area contributed by atoms with Crippen molar-refractivity contribution in [3.8, 4) is 0 Å². The molecule has 1 heteroatoms. The summed E-state index contributed by atoms with van der Waals surface area (Å²) in [5.41, 5.74) is 8.23. The van der Waals surface area contributed by atoms with E-state index in [1.54, 1.807) is 5.56 Å². The second-order valence-corrected chi connectivity index (χ2v) is 14.2. The van der Waals surface area contributed by atoms with Crippen molar-refractivity contribution in [3.05, 3.63) is 58.2 Å². The fraction of sp³-hybridized carbons (Fsp3) is 0.606. The molecule has 0 aromatic heterocycles. The van der Waals surface area contributed by atoms with Crippen LogP contribution in [0.2, 0.25) is 0 Å². The van der Waals surface area contributed by atoms with Crippen LogP contribution in [0, 0.1) is 40.9 Å². The van der Waals surface area contributed by atoms with E-state index in [4.69, 9.17) is 0 Å². The molecule has 0 unspecified atom stereocenters. The van der Waals surface area contributed by atoms with Crippen LogP contribution in [0.15, 0.2) is 41.5 Å². The summed E-state index contributed by atoms with van der Waals surface area (Å²) in [6, 6.07) is 7.32. The molecule has 0 aliphatic heterocycles. The normalized spacial score (nSPS) is 46.8. The van der Waals surface area contributed by atoms with E-state index in [0.717, 1.165) is 41.1 Å². The van der Waals surface area contributed by atoms with Crippen LogP contribution in [0.25, 0.3) is 11.6 Å². The average Bonchev–Trinajstić information content (AvgIpc) is 3.16. The zero-order valence-corrected chi connectivity index (χ0v) is 20.3. The first-order valence-electron chi connectivity index (χ1n) is 14.4. The van der Waals surface area contributed by atoms with Gasteiger partial charge in [-0.25, -0.2) is 0 Å². The number of allylic oxidation sites excluding steroid dienone is 5. The van der Waals surface area contributed by atoms with E-state index in [0.29, 0.717) is 11.2 Å². The molecule has 1 aromatic carbocycles. The molecule has 0 amide bonds. The second-order valence-electron chi connectivity index (χ2n) is 14.2. The van der Waals surface area contributed by atoms with E-state index in [1.807, 2.05) is 0 Å². The number of benzene rings is 1. The molecule has 174 valence electrons. The highest BCUT2D eigenvalue weighted by Crippen LogP contribution is 2.64. The van der Waals surface area contributed by atoms with E-state index in [9.17, 15) is 4.79 Å². The topological polar surface area (TPSA) is 17.1 Å². The number of rotatable bonds is 2. The van der Waals surface area contributed by atoms with Crippen LogP contribution in [0.1, 0.15) is 93.7 Å². The Morgan fingerprint density at radius 2 is 1.15 bits per heavy atom. The van der Waals surface area contributed by atoms with Gasteiger partial charge in [-0.2, -0.15) is 0 Å². The lowest BCUT2D eigenvalue weighted by atomic mass is 9.47. The molecule has 0 atom stereocenters. The Morgan fingerprint density at radius 3 is 1.71 bits per heavy atom. The van der Waals surface area contributed by atoms with Gasteiger partial charge in [-0.15, -0.1) is 0 Å². The third kappa shape index (κ3) is 2.45. The molecule has 0 N–H and O–H groups in total. The minimum Gasteiger partial charge on any atom is -0.289 e. The highest BCUT2D eigenvalue weighted by Gasteiger charge is 2.55. The molecular weight excluding hydrogens is 412 g/mol. The molecule has 0 heterocycles.